The van der Waals surface area contributed by atoms with E-state index in [1.807, 2.05) is 54.6 Å². The van der Waals surface area contributed by atoms with Crippen molar-refractivity contribution in [2.45, 2.75) is 11.8 Å². The Bertz CT molecular complexity index is 1570. The highest BCUT2D eigenvalue weighted by molar-refractivity contribution is 5.86. The molecule has 0 bridgehead atoms. The van der Waals surface area contributed by atoms with Crippen molar-refractivity contribution in [3.05, 3.63) is 102 Å². The van der Waals surface area contributed by atoms with Gasteiger partial charge in [0.05, 0.1) is 26.1 Å². The molecule has 4 atom stereocenters. The Morgan fingerprint density at radius 1 is 0.690 bits per heavy atom. The first-order chi connectivity index (χ1) is 20.5. The summed E-state index contributed by atoms with van der Waals surface area (Å²) in [5.74, 6) is -1.87. The predicted molar refractivity (Wildman–Crippen MR) is 155 cm³/mol. The second-order valence-electron chi connectivity index (χ2n) is 10.2. The lowest BCUT2D eigenvalue weighted by Gasteiger charge is -2.49. The average molecular weight is 567 g/mol. The van der Waals surface area contributed by atoms with Crippen LogP contribution in [0.4, 0.5) is 0 Å². The van der Waals surface area contributed by atoms with Gasteiger partial charge in [0, 0.05) is 11.8 Å². The average Bonchev–Trinajstić information content (AvgIpc) is 3.00. The Balaban J connectivity index is 1.36. The number of para-hydroxylation sites is 2. The van der Waals surface area contributed by atoms with Crippen molar-refractivity contribution in [2.75, 3.05) is 27.4 Å². The topological polar surface area (TPSA) is 101 Å². The highest BCUT2D eigenvalue weighted by atomic mass is 16.6. The number of fused-ring (bicyclic) bond motifs is 1. The molecule has 0 aromatic heterocycles. The molecule has 214 valence electrons. The SMILES string of the molecule is COc1ccccc1C1[C@H](C(=O)O)[C@@H](c2ccccc2OC)[C@H]1C(=O)Oc1cccc(-c2ccc3c(c2)OCCO3)c1. The van der Waals surface area contributed by atoms with Gasteiger partial charge in [0.2, 0.25) is 0 Å². The smallest absolute Gasteiger partial charge is 0.315 e. The van der Waals surface area contributed by atoms with Crippen LogP contribution in [0.15, 0.2) is 91.0 Å². The van der Waals surface area contributed by atoms with Crippen molar-refractivity contribution in [1.29, 1.82) is 0 Å². The van der Waals surface area contributed by atoms with Gasteiger partial charge < -0.3 is 28.8 Å². The van der Waals surface area contributed by atoms with Crippen molar-refractivity contribution in [2.24, 2.45) is 11.8 Å². The predicted octanol–water partition coefficient (Wildman–Crippen LogP) is 5.95. The van der Waals surface area contributed by atoms with Crippen LogP contribution >= 0.6 is 0 Å². The first-order valence-electron chi connectivity index (χ1n) is 13.7. The first kappa shape index (κ1) is 27.2. The Hall–Kier alpha value is -4.98. The molecule has 6 rings (SSSR count). The lowest BCUT2D eigenvalue weighted by atomic mass is 9.52. The van der Waals surface area contributed by atoms with E-state index in [1.165, 1.54) is 14.2 Å². The van der Waals surface area contributed by atoms with Gasteiger partial charge in [0.15, 0.2) is 11.5 Å². The summed E-state index contributed by atoms with van der Waals surface area (Å²) >= 11 is 0. The number of esters is 1. The quantitative estimate of drug-likeness (QED) is 0.206. The van der Waals surface area contributed by atoms with Gasteiger partial charge in [0.25, 0.3) is 0 Å². The highest BCUT2D eigenvalue weighted by Gasteiger charge is 2.60. The van der Waals surface area contributed by atoms with E-state index in [1.54, 1.807) is 36.4 Å². The molecule has 4 aromatic carbocycles. The number of rotatable bonds is 8. The van der Waals surface area contributed by atoms with E-state index in [0.29, 0.717) is 53.1 Å². The van der Waals surface area contributed by atoms with Crippen molar-refractivity contribution in [1.82, 2.24) is 0 Å². The van der Waals surface area contributed by atoms with E-state index in [9.17, 15) is 14.7 Å². The number of carboxylic acid groups (broad SMARTS) is 1. The van der Waals surface area contributed by atoms with E-state index in [-0.39, 0.29) is 0 Å². The molecule has 1 saturated carbocycles. The summed E-state index contributed by atoms with van der Waals surface area (Å²) in [4.78, 5) is 26.8. The van der Waals surface area contributed by atoms with E-state index in [4.69, 9.17) is 23.7 Å². The number of benzene rings is 4. The molecular formula is C34H30O8. The number of methoxy groups -OCH3 is 2. The van der Waals surface area contributed by atoms with Crippen LogP contribution in [0, 0.1) is 11.8 Å². The van der Waals surface area contributed by atoms with Crippen LogP contribution in [0.2, 0.25) is 0 Å². The third kappa shape index (κ3) is 4.89. The number of aliphatic carboxylic acids is 1. The third-order valence-electron chi connectivity index (χ3n) is 8.03. The number of hydrogen-bond acceptors (Lipinski definition) is 7. The molecule has 1 aliphatic heterocycles. The Labute approximate surface area is 243 Å². The summed E-state index contributed by atoms with van der Waals surface area (Å²) in [5, 5.41) is 10.4. The highest BCUT2D eigenvalue weighted by Crippen LogP contribution is 2.60. The van der Waals surface area contributed by atoms with Gasteiger partial charge in [-0.2, -0.15) is 0 Å². The van der Waals surface area contributed by atoms with Gasteiger partial charge >= 0.3 is 11.9 Å². The molecule has 8 nitrogen and oxygen atoms in total. The van der Waals surface area contributed by atoms with Crippen molar-refractivity contribution < 1.29 is 38.4 Å². The molecule has 2 aliphatic rings. The van der Waals surface area contributed by atoms with Gasteiger partial charge in [-0.05, 0) is 58.7 Å². The summed E-state index contributed by atoms with van der Waals surface area (Å²) in [5.41, 5.74) is 3.00. The van der Waals surface area contributed by atoms with Gasteiger partial charge in [0.1, 0.15) is 30.5 Å². The van der Waals surface area contributed by atoms with Gasteiger partial charge in [-0.15, -0.1) is 0 Å². The second kappa shape index (κ2) is 11.5. The molecule has 1 heterocycles. The molecule has 1 unspecified atom stereocenters. The number of hydrogen-bond donors (Lipinski definition) is 1. The van der Waals surface area contributed by atoms with Crippen molar-refractivity contribution >= 4 is 11.9 Å². The maximum Gasteiger partial charge on any atom is 0.315 e. The maximum atomic E-state index is 14.0. The summed E-state index contributed by atoms with van der Waals surface area (Å²) in [7, 11) is 3.06. The van der Waals surface area contributed by atoms with Gasteiger partial charge in [-0.25, -0.2) is 0 Å². The number of ether oxygens (including phenoxy) is 5. The molecule has 8 heteroatoms. The lowest BCUT2D eigenvalue weighted by molar-refractivity contribution is -0.158. The normalized spacial score (nSPS) is 20.6. The fourth-order valence-corrected chi connectivity index (χ4v) is 6.15. The molecule has 1 fully saturated rings. The van der Waals surface area contributed by atoms with Gasteiger partial charge in [-0.3, -0.25) is 9.59 Å². The Morgan fingerprint density at radius 3 is 1.90 bits per heavy atom. The lowest BCUT2D eigenvalue weighted by Crippen LogP contribution is -2.52. The standard InChI is InChI=1S/C34H30O8/c1-38-25-12-5-3-10-23(25)29-31(33(35)36)30(24-11-4-6-13-26(24)39-2)32(29)34(37)42-22-9-7-8-20(18-22)21-14-15-27-28(19-21)41-17-16-40-27/h3-15,18-19,29-32H,16-17H2,1-2H3,(H,35,36)/t29-,30?,31-,32-/m1/s1. The molecule has 42 heavy (non-hydrogen) atoms. The van der Waals surface area contributed by atoms with Crippen LogP contribution in [-0.4, -0.2) is 44.5 Å². The van der Waals surface area contributed by atoms with E-state index in [0.717, 1.165) is 11.1 Å². The number of carbonyl (C=O) groups excluding carboxylic acids is 1. The zero-order valence-corrected chi connectivity index (χ0v) is 23.2. The summed E-state index contributed by atoms with van der Waals surface area (Å²) in [6.07, 6.45) is 0. The second-order valence-corrected chi connectivity index (χ2v) is 10.2. The largest absolute Gasteiger partial charge is 0.496 e. The van der Waals surface area contributed by atoms with Crippen LogP contribution in [0.25, 0.3) is 11.1 Å². The first-order valence-corrected chi connectivity index (χ1v) is 13.7. The molecule has 0 radical (unpaired) electrons. The number of carbonyl (C=O) groups is 2. The van der Waals surface area contributed by atoms with Crippen LogP contribution in [0.1, 0.15) is 23.0 Å². The molecule has 0 saturated heterocycles. The van der Waals surface area contributed by atoms with Crippen LogP contribution in [0.5, 0.6) is 28.7 Å². The third-order valence-corrected chi connectivity index (χ3v) is 8.03. The molecular weight excluding hydrogens is 536 g/mol. The van der Waals surface area contributed by atoms with E-state index >= 15 is 0 Å². The Morgan fingerprint density at radius 2 is 1.29 bits per heavy atom. The monoisotopic (exact) mass is 566 g/mol. The number of carboxylic acids is 1. The Kier molecular flexibility index (Phi) is 7.44. The fourth-order valence-electron chi connectivity index (χ4n) is 6.15. The fraction of sp³-hybridized carbons (Fsp3) is 0.235. The van der Waals surface area contributed by atoms with Crippen LogP contribution in [0.3, 0.4) is 0 Å². The van der Waals surface area contributed by atoms with E-state index in [2.05, 4.69) is 0 Å². The minimum atomic E-state index is -1.01. The molecule has 1 aliphatic carbocycles. The van der Waals surface area contributed by atoms with Crippen LogP contribution < -0.4 is 23.7 Å². The van der Waals surface area contributed by atoms with Crippen molar-refractivity contribution in [3.63, 3.8) is 0 Å². The zero-order chi connectivity index (χ0) is 29.2. The minimum Gasteiger partial charge on any atom is -0.496 e. The summed E-state index contributed by atoms with van der Waals surface area (Å²) < 4.78 is 28.5. The molecule has 0 amide bonds. The molecule has 0 spiro atoms. The van der Waals surface area contributed by atoms with Crippen molar-refractivity contribution in [3.8, 4) is 39.9 Å². The minimum absolute atomic E-state index is 0.351. The summed E-state index contributed by atoms with van der Waals surface area (Å²) in [6.45, 7) is 0.987. The summed E-state index contributed by atoms with van der Waals surface area (Å²) in [6, 6.07) is 27.3. The van der Waals surface area contributed by atoms with Crippen LogP contribution in [-0.2, 0) is 9.59 Å². The zero-order valence-electron chi connectivity index (χ0n) is 23.2. The van der Waals surface area contributed by atoms with Gasteiger partial charge in [-0.1, -0.05) is 54.6 Å². The molecule has 4 aromatic rings. The molecule has 1 N–H and O–H groups in total. The maximum absolute atomic E-state index is 14.0. The van der Waals surface area contributed by atoms with E-state index < -0.39 is 35.6 Å².